The van der Waals surface area contributed by atoms with Crippen LogP contribution in [0.25, 0.3) is 0 Å². The highest BCUT2D eigenvalue weighted by Crippen LogP contribution is 2.32. The van der Waals surface area contributed by atoms with Crippen LogP contribution in [0, 0.1) is 11.7 Å². The van der Waals surface area contributed by atoms with Crippen LogP contribution in [-0.4, -0.2) is 23.5 Å². The number of carboxylic acid groups (broad SMARTS) is 1. The van der Waals surface area contributed by atoms with E-state index in [1.165, 1.54) is 18.2 Å². The summed E-state index contributed by atoms with van der Waals surface area (Å²) in [6, 6.07) is 4.09. The van der Waals surface area contributed by atoms with Crippen molar-refractivity contribution in [2.75, 3.05) is 17.2 Å². The van der Waals surface area contributed by atoms with Crippen molar-refractivity contribution in [3.63, 3.8) is 0 Å². The van der Waals surface area contributed by atoms with Crippen molar-refractivity contribution in [1.82, 2.24) is 0 Å². The van der Waals surface area contributed by atoms with Crippen molar-refractivity contribution in [3.8, 4) is 0 Å². The number of nitrogen functional groups attached to an aromatic ring is 1. The van der Waals surface area contributed by atoms with Gasteiger partial charge in [-0.3, -0.25) is 9.59 Å². The van der Waals surface area contributed by atoms with Gasteiger partial charge >= 0.3 is 5.97 Å². The van der Waals surface area contributed by atoms with E-state index in [-0.39, 0.29) is 24.3 Å². The Bertz CT molecular complexity index is 469. The summed E-state index contributed by atoms with van der Waals surface area (Å²) in [6.45, 7) is -0.0424. The Kier molecular flexibility index (Phi) is 2.71. The summed E-state index contributed by atoms with van der Waals surface area (Å²) in [7, 11) is 0. The fourth-order valence-corrected chi connectivity index (χ4v) is 1.91. The van der Waals surface area contributed by atoms with Gasteiger partial charge in [0, 0.05) is 13.0 Å². The minimum Gasteiger partial charge on any atom is -0.481 e. The average molecular weight is 238 g/mol. The molecule has 1 amide bonds. The Labute approximate surface area is 96.6 Å². The lowest BCUT2D eigenvalue weighted by atomic mass is 10.1. The van der Waals surface area contributed by atoms with E-state index in [9.17, 15) is 14.0 Å². The minimum atomic E-state index is -1.06. The van der Waals surface area contributed by atoms with Crippen molar-refractivity contribution in [1.29, 1.82) is 0 Å². The van der Waals surface area contributed by atoms with Gasteiger partial charge in [0.15, 0.2) is 0 Å². The van der Waals surface area contributed by atoms with Crippen LogP contribution in [0.15, 0.2) is 18.2 Å². The van der Waals surface area contributed by atoms with Crippen LogP contribution in [0.2, 0.25) is 0 Å². The van der Waals surface area contributed by atoms with E-state index in [1.54, 1.807) is 0 Å². The number of anilines is 2. The fourth-order valence-electron chi connectivity index (χ4n) is 1.91. The van der Waals surface area contributed by atoms with Gasteiger partial charge in [0.05, 0.1) is 11.6 Å². The first kappa shape index (κ1) is 11.4. The third-order valence-electron chi connectivity index (χ3n) is 2.76. The summed E-state index contributed by atoms with van der Waals surface area (Å²) >= 11 is 0. The molecule has 1 aromatic carbocycles. The molecule has 1 aliphatic heterocycles. The molecule has 3 N–H and O–H groups in total. The molecule has 0 bridgehead atoms. The van der Waals surface area contributed by atoms with Crippen LogP contribution < -0.4 is 10.6 Å². The normalized spacial score (nSPS) is 19.7. The first-order valence-corrected chi connectivity index (χ1v) is 5.08. The van der Waals surface area contributed by atoms with Crippen molar-refractivity contribution in [3.05, 3.63) is 24.0 Å². The lowest BCUT2D eigenvalue weighted by molar-refractivity contribution is -0.141. The van der Waals surface area contributed by atoms with Crippen LogP contribution in [0.1, 0.15) is 6.42 Å². The maximum atomic E-state index is 13.6. The number of amides is 1. The third-order valence-corrected chi connectivity index (χ3v) is 2.76. The predicted molar refractivity (Wildman–Crippen MR) is 58.9 cm³/mol. The summed E-state index contributed by atoms with van der Waals surface area (Å²) < 4.78 is 13.6. The highest BCUT2D eigenvalue weighted by Gasteiger charge is 2.36. The number of hydrogen-bond donors (Lipinski definition) is 2. The molecule has 0 radical (unpaired) electrons. The molecule has 0 saturated carbocycles. The van der Waals surface area contributed by atoms with Crippen LogP contribution in [0.3, 0.4) is 0 Å². The topological polar surface area (TPSA) is 83.6 Å². The number of para-hydroxylation sites is 1. The van der Waals surface area contributed by atoms with Gasteiger partial charge in [-0.05, 0) is 12.1 Å². The van der Waals surface area contributed by atoms with Crippen molar-refractivity contribution in [2.45, 2.75) is 6.42 Å². The summed E-state index contributed by atoms with van der Waals surface area (Å²) in [5, 5.41) is 8.83. The summed E-state index contributed by atoms with van der Waals surface area (Å²) in [4.78, 5) is 23.5. The molecule has 1 saturated heterocycles. The molecule has 90 valence electrons. The van der Waals surface area contributed by atoms with Crippen molar-refractivity contribution < 1.29 is 19.1 Å². The Hall–Kier alpha value is -2.11. The molecule has 0 aliphatic carbocycles. The number of carboxylic acids is 1. The molecule has 0 aromatic heterocycles. The van der Waals surface area contributed by atoms with Gasteiger partial charge in [-0.1, -0.05) is 6.07 Å². The predicted octanol–water partition coefficient (Wildman–Crippen LogP) is 0.845. The summed E-state index contributed by atoms with van der Waals surface area (Å²) in [5.74, 6) is -2.91. The van der Waals surface area contributed by atoms with Crippen LogP contribution in [0.4, 0.5) is 15.8 Å². The van der Waals surface area contributed by atoms with E-state index in [0.717, 1.165) is 4.90 Å². The second-order valence-electron chi connectivity index (χ2n) is 3.92. The zero-order chi connectivity index (χ0) is 12.6. The van der Waals surface area contributed by atoms with Gasteiger partial charge in [-0.15, -0.1) is 0 Å². The van der Waals surface area contributed by atoms with E-state index >= 15 is 0 Å². The molecule has 1 heterocycles. The van der Waals surface area contributed by atoms with Gasteiger partial charge in [0.2, 0.25) is 5.91 Å². The maximum absolute atomic E-state index is 13.6. The highest BCUT2D eigenvalue weighted by atomic mass is 19.1. The largest absolute Gasteiger partial charge is 0.481 e. The van der Waals surface area contributed by atoms with Gasteiger partial charge in [-0.2, -0.15) is 0 Å². The Morgan fingerprint density at radius 3 is 2.76 bits per heavy atom. The van der Waals surface area contributed by atoms with E-state index < -0.39 is 23.6 Å². The number of aliphatic carboxylic acids is 1. The van der Waals surface area contributed by atoms with Crippen LogP contribution >= 0.6 is 0 Å². The lowest BCUT2D eigenvalue weighted by Gasteiger charge is -2.18. The molecule has 6 heteroatoms. The molecule has 1 fully saturated rings. The number of benzene rings is 1. The number of carbonyl (C=O) groups is 2. The number of nitrogens with two attached hydrogens (primary N) is 1. The van der Waals surface area contributed by atoms with Gasteiger partial charge in [-0.25, -0.2) is 4.39 Å². The van der Waals surface area contributed by atoms with E-state index in [1.807, 2.05) is 0 Å². The molecule has 1 atom stereocenters. The van der Waals surface area contributed by atoms with E-state index in [4.69, 9.17) is 10.8 Å². The first-order chi connectivity index (χ1) is 8.00. The van der Waals surface area contributed by atoms with Crippen molar-refractivity contribution >= 4 is 23.3 Å². The lowest BCUT2D eigenvalue weighted by Crippen LogP contribution is -2.27. The SMILES string of the molecule is Nc1cccc(F)c1N1CC(C(=O)O)CC1=O. The number of halogens is 1. The maximum Gasteiger partial charge on any atom is 0.308 e. The van der Waals surface area contributed by atoms with Crippen LogP contribution in [0.5, 0.6) is 0 Å². The second-order valence-corrected chi connectivity index (χ2v) is 3.92. The monoisotopic (exact) mass is 238 g/mol. The summed E-state index contributed by atoms with van der Waals surface area (Å²) in [6.07, 6.45) is -0.122. The van der Waals surface area contributed by atoms with Gasteiger partial charge in [0.25, 0.3) is 0 Å². The number of hydrogen-bond acceptors (Lipinski definition) is 3. The molecule has 2 rings (SSSR count). The number of rotatable bonds is 2. The van der Waals surface area contributed by atoms with Gasteiger partial charge in [0.1, 0.15) is 11.5 Å². The number of carbonyl (C=O) groups excluding carboxylic acids is 1. The molecule has 1 aliphatic rings. The van der Waals surface area contributed by atoms with E-state index in [0.29, 0.717) is 0 Å². The molecule has 0 spiro atoms. The number of nitrogens with zero attached hydrogens (tertiary/aromatic N) is 1. The molecule has 1 unspecified atom stereocenters. The molecular formula is C11H11FN2O3. The highest BCUT2D eigenvalue weighted by molar-refractivity contribution is 6.01. The zero-order valence-electron chi connectivity index (χ0n) is 8.89. The standard InChI is InChI=1S/C11H11FN2O3/c12-7-2-1-3-8(13)10(7)14-5-6(11(16)17)4-9(14)15/h1-3,6H,4-5,13H2,(H,16,17). The Morgan fingerprint density at radius 1 is 1.53 bits per heavy atom. The Balaban J connectivity index is 2.35. The quantitative estimate of drug-likeness (QED) is 0.748. The minimum absolute atomic E-state index is 0.0266. The van der Waals surface area contributed by atoms with Gasteiger partial charge < -0.3 is 15.7 Å². The molecule has 17 heavy (non-hydrogen) atoms. The average Bonchev–Trinajstić information content (AvgIpc) is 2.61. The fraction of sp³-hybridized carbons (Fsp3) is 0.273. The second kappa shape index (κ2) is 4.04. The van der Waals surface area contributed by atoms with Crippen molar-refractivity contribution in [2.24, 2.45) is 5.92 Å². The molecular weight excluding hydrogens is 227 g/mol. The molecule has 5 nitrogen and oxygen atoms in total. The van der Waals surface area contributed by atoms with E-state index in [2.05, 4.69) is 0 Å². The summed E-state index contributed by atoms with van der Waals surface area (Å²) in [5.41, 5.74) is 5.71. The zero-order valence-corrected chi connectivity index (χ0v) is 8.89. The third kappa shape index (κ3) is 1.93. The van der Waals surface area contributed by atoms with Crippen LogP contribution in [-0.2, 0) is 9.59 Å². The first-order valence-electron chi connectivity index (χ1n) is 5.08. The smallest absolute Gasteiger partial charge is 0.308 e. The molecule has 1 aromatic rings. The Morgan fingerprint density at radius 2 is 2.24 bits per heavy atom.